The van der Waals surface area contributed by atoms with Crippen LogP contribution in [0, 0.1) is 16.0 Å². The van der Waals surface area contributed by atoms with E-state index in [0.717, 1.165) is 26.6 Å². The number of ether oxygens (including phenoxy) is 1. The zero-order chi connectivity index (χ0) is 23.1. The number of nitro benzene ring substituents is 1. The maximum absolute atomic E-state index is 13.3. The Morgan fingerprint density at radius 1 is 1.09 bits per heavy atom. The highest BCUT2D eigenvalue weighted by Crippen LogP contribution is 2.49. The Balaban J connectivity index is 1.51. The van der Waals surface area contributed by atoms with E-state index in [0.29, 0.717) is 17.9 Å². The van der Waals surface area contributed by atoms with Crippen LogP contribution in [0.5, 0.6) is 5.75 Å². The monoisotopic (exact) mass is 571 g/mol. The lowest BCUT2D eigenvalue weighted by atomic mass is 9.88. The summed E-state index contributed by atoms with van der Waals surface area (Å²) in [6, 6.07) is 19.4. The second-order valence-electron chi connectivity index (χ2n) is 8.06. The third-order valence-corrected chi connectivity index (χ3v) is 7.14. The smallest absolute Gasteiger partial charge is 0.269 e. The predicted octanol–water partition coefficient (Wildman–Crippen LogP) is 6.15. The summed E-state index contributed by atoms with van der Waals surface area (Å²) in [5.41, 5.74) is 2.39. The van der Waals surface area contributed by atoms with Crippen LogP contribution in [0.3, 0.4) is 0 Å². The van der Waals surface area contributed by atoms with Gasteiger partial charge in [0, 0.05) is 45.9 Å². The standard InChI is InChI=1S/C24H19Br2N3O4/c25-15-12-19-21(27-16-6-8-17(9-7-16)29(31)32)18-10-11-28(23(30)14-4-2-1-3-5-14)24(18)33-22(19)20(26)13-15/h1-9,12-13,18,21,24,27H,10-11H2/t18-,21+,24+/m1/s1. The minimum absolute atomic E-state index is 0.00144. The molecule has 1 amide bonds. The molecule has 0 aliphatic carbocycles. The molecule has 0 radical (unpaired) electrons. The SMILES string of the molecule is O=C(c1ccccc1)N1CC[C@@H]2[C@H](Nc3ccc([N+](=O)[O-])cc3)c3cc(Br)cc(Br)c3O[C@@H]21. The van der Waals surface area contributed by atoms with Crippen LogP contribution in [0.1, 0.15) is 28.4 Å². The van der Waals surface area contributed by atoms with Crippen molar-refractivity contribution in [3.05, 3.63) is 96.9 Å². The number of non-ortho nitro benzene ring substituents is 1. The van der Waals surface area contributed by atoms with Gasteiger partial charge in [0.15, 0.2) is 6.23 Å². The Bertz CT molecular complexity index is 1220. The van der Waals surface area contributed by atoms with Gasteiger partial charge in [-0.25, -0.2) is 0 Å². The van der Waals surface area contributed by atoms with Gasteiger partial charge in [0.1, 0.15) is 5.75 Å². The average molecular weight is 573 g/mol. The highest BCUT2D eigenvalue weighted by atomic mass is 79.9. The van der Waals surface area contributed by atoms with Gasteiger partial charge in [0.25, 0.3) is 11.6 Å². The molecule has 0 saturated carbocycles. The third kappa shape index (κ3) is 4.11. The molecule has 5 rings (SSSR count). The first-order chi connectivity index (χ1) is 15.9. The highest BCUT2D eigenvalue weighted by Gasteiger charge is 2.48. The van der Waals surface area contributed by atoms with E-state index in [1.54, 1.807) is 17.0 Å². The van der Waals surface area contributed by atoms with E-state index in [2.05, 4.69) is 37.2 Å². The summed E-state index contributed by atoms with van der Waals surface area (Å²) in [6.07, 6.45) is 0.329. The number of amides is 1. The van der Waals surface area contributed by atoms with Crippen molar-refractivity contribution in [1.29, 1.82) is 0 Å². The molecule has 2 aliphatic rings. The number of carbonyl (C=O) groups excluding carboxylic acids is 1. The van der Waals surface area contributed by atoms with Crippen LogP contribution in [0.2, 0.25) is 0 Å². The molecule has 1 N–H and O–H groups in total. The van der Waals surface area contributed by atoms with E-state index in [-0.39, 0.29) is 23.6 Å². The van der Waals surface area contributed by atoms with Crippen LogP contribution in [0.25, 0.3) is 0 Å². The van der Waals surface area contributed by atoms with E-state index in [1.807, 2.05) is 42.5 Å². The van der Waals surface area contributed by atoms with Gasteiger partial charge in [0.2, 0.25) is 0 Å². The van der Waals surface area contributed by atoms with Crippen LogP contribution in [-0.2, 0) is 0 Å². The quantitative estimate of drug-likeness (QED) is 0.299. The summed E-state index contributed by atoms with van der Waals surface area (Å²) < 4.78 is 8.12. The van der Waals surface area contributed by atoms with Gasteiger partial charge in [-0.05, 0) is 58.7 Å². The normalized spacial score (nSPS) is 21.0. The second kappa shape index (κ2) is 8.79. The van der Waals surface area contributed by atoms with Gasteiger partial charge in [-0.15, -0.1) is 0 Å². The van der Waals surface area contributed by atoms with Crippen molar-refractivity contribution in [2.75, 3.05) is 11.9 Å². The lowest BCUT2D eigenvalue weighted by molar-refractivity contribution is -0.384. The number of halogens is 2. The maximum atomic E-state index is 13.3. The summed E-state index contributed by atoms with van der Waals surface area (Å²) in [5.74, 6) is 0.627. The van der Waals surface area contributed by atoms with E-state index >= 15 is 0 Å². The van der Waals surface area contributed by atoms with Crippen molar-refractivity contribution >= 4 is 49.1 Å². The molecule has 0 aromatic heterocycles. The lowest BCUT2D eigenvalue weighted by Gasteiger charge is -2.39. The molecular weight excluding hydrogens is 554 g/mol. The Morgan fingerprint density at radius 2 is 1.82 bits per heavy atom. The number of anilines is 1. The number of nitrogens with zero attached hydrogens (tertiary/aromatic N) is 2. The number of fused-ring (bicyclic) bond motifs is 2. The Morgan fingerprint density at radius 3 is 2.52 bits per heavy atom. The molecule has 1 saturated heterocycles. The van der Waals surface area contributed by atoms with Crippen molar-refractivity contribution in [2.24, 2.45) is 5.92 Å². The molecule has 3 aromatic rings. The van der Waals surface area contributed by atoms with Crippen LogP contribution in [0.4, 0.5) is 11.4 Å². The molecule has 9 heteroatoms. The number of nitrogens with one attached hydrogen (secondary N) is 1. The summed E-state index contributed by atoms with van der Waals surface area (Å²) in [4.78, 5) is 25.7. The molecule has 33 heavy (non-hydrogen) atoms. The van der Waals surface area contributed by atoms with Crippen molar-refractivity contribution in [2.45, 2.75) is 18.7 Å². The minimum Gasteiger partial charge on any atom is -0.468 e. The number of hydrogen-bond donors (Lipinski definition) is 1. The van der Waals surface area contributed by atoms with Crippen molar-refractivity contribution in [3.8, 4) is 5.75 Å². The fraction of sp³-hybridized carbons (Fsp3) is 0.208. The zero-order valence-corrected chi connectivity index (χ0v) is 20.5. The number of hydrogen-bond acceptors (Lipinski definition) is 5. The largest absolute Gasteiger partial charge is 0.468 e. The summed E-state index contributed by atoms with van der Waals surface area (Å²) in [7, 11) is 0. The molecule has 0 unspecified atom stereocenters. The van der Waals surface area contributed by atoms with Crippen LogP contribution >= 0.6 is 31.9 Å². The molecule has 168 valence electrons. The van der Waals surface area contributed by atoms with Gasteiger partial charge in [-0.1, -0.05) is 34.1 Å². The molecule has 0 spiro atoms. The first-order valence-corrected chi connectivity index (χ1v) is 12.0. The molecule has 3 aromatic carbocycles. The van der Waals surface area contributed by atoms with E-state index < -0.39 is 11.2 Å². The minimum atomic E-state index is -0.432. The van der Waals surface area contributed by atoms with Crippen molar-refractivity contribution in [3.63, 3.8) is 0 Å². The highest BCUT2D eigenvalue weighted by molar-refractivity contribution is 9.11. The second-order valence-corrected chi connectivity index (χ2v) is 9.83. The van der Waals surface area contributed by atoms with Crippen molar-refractivity contribution in [1.82, 2.24) is 4.90 Å². The molecule has 7 nitrogen and oxygen atoms in total. The molecular formula is C24H19Br2N3O4. The Kier molecular flexibility index (Phi) is 5.84. The summed E-state index contributed by atoms with van der Waals surface area (Å²) in [6.45, 7) is 0.578. The molecule has 2 aliphatic heterocycles. The Labute approximate surface area is 207 Å². The molecule has 2 heterocycles. The van der Waals surface area contributed by atoms with Crippen LogP contribution in [-0.4, -0.2) is 28.5 Å². The fourth-order valence-electron chi connectivity index (χ4n) is 4.57. The van der Waals surface area contributed by atoms with E-state index in [9.17, 15) is 14.9 Å². The third-order valence-electron chi connectivity index (χ3n) is 6.10. The fourth-order valence-corrected chi connectivity index (χ4v) is 5.92. The van der Waals surface area contributed by atoms with Gasteiger partial charge >= 0.3 is 0 Å². The van der Waals surface area contributed by atoms with Gasteiger partial charge in [-0.2, -0.15) is 0 Å². The number of likely N-dealkylation sites (tertiary alicyclic amines) is 1. The first kappa shape index (κ1) is 21.9. The number of benzene rings is 3. The van der Waals surface area contributed by atoms with Crippen LogP contribution in [0.15, 0.2) is 75.7 Å². The summed E-state index contributed by atoms with van der Waals surface area (Å²) in [5, 5.41) is 14.6. The number of rotatable bonds is 4. The lowest BCUT2D eigenvalue weighted by Crippen LogP contribution is -2.46. The average Bonchev–Trinajstić information content (AvgIpc) is 3.24. The van der Waals surface area contributed by atoms with Crippen molar-refractivity contribution < 1.29 is 14.5 Å². The van der Waals surface area contributed by atoms with E-state index in [1.165, 1.54) is 12.1 Å². The topological polar surface area (TPSA) is 84.7 Å². The van der Waals surface area contributed by atoms with E-state index in [4.69, 9.17) is 4.74 Å². The number of carbonyl (C=O) groups is 1. The first-order valence-electron chi connectivity index (χ1n) is 10.4. The molecule has 0 bridgehead atoms. The number of nitro groups is 1. The van der Waals surface area contributed by atoms with Crippen LogP contribution < -0.4 is 10.1 Å². The Hall–Kier alpha value is -2.91. The molecule has 1 fully saturated rings. The molecule has 3 atom stereocenters. The zero-order valence-electron chi connectivity index (χ0n) is 17.3. The predicted molar refractivity (Wildman–Crippen MR) is 131 cm³/mol. The van der Waals surface area contributed by atoms with Gasteiger partial charge < -0.3 is 15.0 Å². The maximum Gasteiger partial charge on any atom is 0.269 e. The van der Waals surface area contributed by atoms with Gasteiger partial charge in [-0.3, -0.25) is 14.9 Å². The summed E-state index contributed by atoms with van der Waals surface area (Å²) >= 11 is 7.17. The van der Waals surface area contributed by atoms with Gasteiger partial charge in [0.05, 0.1) is 15.4 Å².